The first-order valence-electron chi connectivity index (χ1n) is 10.2. The number of carbonyl (C=O) groups excluding carboxylic acids is 4. The van der Waals surface area contributed by atoms with Crippen LogP contribution in [0.4, 0.5) is 10.5 Å². The normalized spacial score (nSPS) is 21.4. The zero-order valence-electron chi connectivity index (χ0n) is 16.9. The average molecular weight is 414 g/mol. The summed E-state index contributed by atoms with van der Waals surface area (Å²) in [6.07, 6.45) is 4.35. The number of amides is 4. The number of ether oxygens (including phenoxy) is 1. The zero-order valence-corrected chi connectivity index (χ0v) is 16.9. The van der Waals surface area contributed by atoms with Crippen LogP contribution in [0.5, 0.6) is 0 Å². The van der Waals surface area contributed by atoms with Crippen LogP contribution in [0.1, 0.15) is 45.4 Å². The number of anilines is 1. The number of hydrazone groups is 1. The van der Waals surface area contributed by atoms with E-state index in [-0.39, 0.29) is 30.5 Å². The van der Waals surface area contributed by atoms with Crippen molar-refractivity contribution in [1.82, 2.24) is 10.6 Å². The van der Waals surface area contributed by atoms with Gasteiger partial charge in [-0.1, -0.05) is 38.0 Å². The van der Waals surface area contributed by atoms with E-state index in [0.717, 1.165) is 30.7 Å². The number of hydrogen-bond donors (Lipinski definition) is 2. The van der Waals surface area contributed by atoms with Gasteiger partial charge in [-0.15, -0.1) is 0 Å². The maximum Gasteiger partial charge on any atom is 0.355 e. The van der Waals surface area contributed by atoms with Crippen LogP contribution in [0.25, 0.3) is 0 Å². The number of carbonyl (C=O) groups is 4. The van der Waals surface area contributed by atoms with E-state index in [1.54, 1.807) is 30.3 Å². The van der Waals surface area contributed by atoms with E-state index in [1.165, 1.54) is 0 Å². The van der Waals surface area contributed by atoms with Gasteiger partial charge in [-0.3, -0.25) is 14.9 Å². The summed E-state index contributed by atoms with van der Waals surface area (Å²) in [5, 5.41) is 10.2. The van der Waals surface area contributed by atoms with Crippen LogP contribution in [-0.2, 0) is 19.1 Å². The third-order valence-electron chi connectivity index (χ3n) is 5.28. The molecule has 0 saturated heterocycles. The second-order valence-electron chi connectivity index (χ2n) is 7.55. The van der Waals surface area contributed by atoms with E-state index < -0.39 is 24.5 Å². The molecule has 0 unspecified atom stereocenters. The lowest BCUT2D eigenvalue weighted by Crippen LogP contribution is -2.48. The topological polar surface area (TPSA) is 117 Å². The lowest BCUT2D eigenvalue weighted by Gasteiger charge is -2.29. The van der Waals surface area contributed by atoms with Gasteiger partial charge in [0.05, 0.1) is 5.69 Å². The van der Waals surface area contributed by atoms with Gasteiger partial charge in [-0.2, -0.15) is 5.10 Å². The fourth-order valence-electron chi connectivity index (χ4n) is 3.58. The molecule has 1 aromatic rings. The lowest BCUT2D eigenvalue weighted by molar-refractivity contribution is -0.142. The fourth-order valence-corrected chi connectivity index (χ4v) is 3.58. The summed E-state index contributed by atoms with van der Waals surface area (Å²) in [6, 6.07) is 8.17. The van der Waals surface area contributed by atoms with Crippen molar-refractivity contribution >= 4 is 35.2 Å². The van der Waals surface area contributed by atoms with Crippen LogP contribution in [0, 0.1) is 5.92 Å². The highest BCUT2D eigenvalue weighted by molar-refractivity contribution is 6.38. The highest BCUT2D eigenvalue weighted by atomic mass is 16.5. The summed E-state index contributed by atoms with van der Waals surface area (Å²) in [6.45, 7) is 1.47. The van der Waals surface area contributed by atoms with Crippen molar-refractivity contribution in [2.24, 2.45) is 11.0 Å². The molecule has 1 aromatic carbocycles. The van der Waals surface area contributed by atoms with Crippen molar-refractivity contribution in [2.75, 3.05) is 11.6 Å². The monoisotopic (exact) mass is 414 g/mol. The Balaban J connectivity index is 1.49. The van der Waals surface area contributed by atoms with Gasteiger partial charge in [0.25, 0.3) is 5.91 Å². The number of para-hydroxylation sites is 1. The molecule has 0 bridgehead atoms. The summed E-state index contributed by atoms with van der Waals surface area (Å²) in [7, 11) is 0. The molecular formula is C21H26N4O5. The Bertz CT molecular complexity index is 839. The van der Waals surface area contributed by atoms with E-state index >= 15 is 0 Å². The minimum Gasteiger partial charge on any atom is -0.451 e. The molecular weight excluding hydrogens is 388 g/mol. The molecule has 2 aliphatic rings. The Labute approximate surface area is 174 Å². The lowest BCUT2D eigenvalue weighted by atomic mass is 9.86. The largest absolute Gasteiger partial charge is 0.451 e. The zero-order chi connectivity index (χ0) is 21.5. The molecule has 1 heterocycles. The van der Waals surface area contributed by atoms with Crippen LogP contribution < -0.4 is 15.6 Å². The number of urea groups is 1. The quantitative estimate of drug-likeness (QED) is 0.716. The molecule has 1 saturated carbocycles. The van der Waals surface area contributed by atoms with Crippen LogP contribution in [0.15, 0.2) is 35.4 Å². The van der Waals surface area contributed by atoms with Crippen LogP contribution in [0.2, 0.25) is 0 Å². The van der Waals surface area contributed by atoms with Crippen molar-refractivity contribution in [3.05, 3.63) is 30.3 Å². The predicted octanol–water partition coefficient (Wildman–Crippen LogP) is 2.12. The van der Waals surface area contributed by atoms with Gasteiger partial charge in [-0.05, 0) is 30.9 Å². The van der Waals surface area contributed by atoms with Crippen molar-refractivity contribution in [3.63, 3.8) is 0 Å². The van der Waals surface area contributed by atoms with Gasteiger partial charge in [0.2, 0.25) is 5.91 Å². The molecule has 9 nitrogen and oxygen atoms in total. The van der Waals surface area contributed by atoms with Gasteiger partial charge in [0.1, 0.15) is 5.71 Å². The van der Waals surface area contributed by atoms with E-state index in [0.29, 0.717) is 11.6 Å². The summed E-state index contributed by atoms with van der Waals surface area (Å²) >= 11 is 0. The van der Waals surface area contributed by atoms with E-state index in [1.807, 2.05) is 0 Å². The standard InChI is InChI=1S/C21H26N4O5/c1-14-7-5-6-10-16(14)22-21(29)23-18(26)13-30-20(28)17-11-12-19(27)25(24-17)15-8-3-2-4-9-15/h2-4,8-9,14,16H,5-7,10-13H2,1H3,(H2,22,23,26,29)/t14-,16+/m0/s1. The van der Waals surface area contributed by atoms with Gasteiger partial charge in [0, 0.05) is 18.9 Å². The van der Waals surface area contributed by atoms with E-state index in [9.17, 15) is 19.2 Å². The summed E-state index contributed by atoms with van der Waals surface area (Å²) < 4.78 is 4.98. The van der Waals surface area contributed by atoms with E-state index in [4.69, 9.17) is 4.74 Å². The molecule has 9 heteroatoms. The van der Waals surface area contributed by atoms with Gasteiger partial charge in [0.15, 0.2) is 6.61 Å². The van der Waals surface area contributed by atoms with Crippen molar-refractivity contribution in [1.29, 1.82) is 0 Å². The SMILES string of the molecule is C[C@H]1CCCC[C@H]1NC(=O)NC(=O)COC(=O)C1=NN(c2ccccc2)C(=O)CC1. The number of esters is 1. The molecule has 1 aliphatic heterocycles. The predicted molar refractivity (Wildman–Crippen MR) is 110 cm³/mol. The number of imide groups is 1. The second kappa shape index (κ2) is 10.00. The van der Waals surface area contributed by atoms with Gasteiger partial charge < -0.3 is 10.1 Å². The molecule has 4 amide bonds. The Morgan fingerprint density at radius 2 is 1.87 bits per heavy atom. The average Bonchev–Trinajstić information content (AvgIpc) is 2.74. The number of benzene rings is 1. The Hall–Kier alpha value is -3.23. The van der Waals surface area contributed by atoms with Crippen LogP contribution in [0.3, 0.4) is 0 Å². The maximum absolute atomic E-state index is 12.3. The number of nitrogens with zero attached hydrogens (tertiary/aromatic N) is 2. The molecule has 2 atom stereocenters. The molecule has 1 fully saturated rings. The molecule has 1 aliphatic carbocycles. The number of nitrogens with one attached hydrogen (secondary N) is 2. The summed E-state index contributed by atoms with van der Waals surface area (Å²) in [5.41, 5.74) is 0.589. The summed E-state index contributed by atoms with van der Waals surface area (Å²) in [5.74, 6) is -1.39. The first-order valence-corrected chi connectivity index (χ1v) is 10.2. The third kappa shape index (κ3) is 5.65. The van der Waals surface area contributed by atoms with Crippen molar-refractivity contribution in [3.8, 4) is 0 Å². The second-order valence-corrected chi connectivity index (χ2v) is 7.55. The third-order valence-corrected chi connectivity index (χ3v) is 5.28. The van der Waals surface area contributed by atoms with Crippen molar-refractivity contribution < 1.29 is 23.9 Å². The molecule has 0 radical (unpaired) electrons. The Morgan fingerprint density at radius 3 is 2.60 bits per heavy atom. The van der Waals surface area contributed by atoms with Gasteiger partial charge in [-0.25, -0.2) is 14.6 Å². The minimum atomic E-state index is -0.792. The molecule has 0 aromatic heterocycles. The Morgan fingerprint density at radius 1 is 1.13 bits per heavy atom. The van der Waals surface area contributed by atoms with E-state index in [2.05, 4.69) is 22.7 Å². The first-order chi connectivity index (χ1) is 14.4. The Kier molecular flexibility index (Phi) is 7.16. The highest BCUT2D eigenvalue weighted by Crippen LogP contribution is 2.23. The number of hydrogen-bond acceptors (Lipinski definition) is 6. The summed E-state index contributed by atoms with van der Waals surface area (Å²) in [4.78, 5) is 48.3. The first kappa shape index (κ1) is 21.5. The van der Waals surface area contributed by atoms with Crippen LogP contribution in [-0.4, -0.2) is 42.2 Å². The fraction of sp³-hybridized carbons (Fsp3) is 0.476. The molecule has 160 valence electrons. The highest BCUT2D eigenvalue weighted by Gasteiger charge is 2.27. The molecule has 3 rings (SSSR count). The minimum absolute atomic E-state index is 0.0344. The van der Waals surface area contributed by atoms with Gasteiger partial charge >= 0.3 is 12.0 Å². The number of rotatable bonds is 5. The maximum atomic E-state index is 12.3. The molecule has 30 heavy (non-hydrogen) atoms. The molecule has 2 N–H and O–H groups in total. The molecule has 0 spiro atoms. The van der Waals surface area contributed by atoms with Crippen LogP contribution >= 0.6 is 0 Å². The smallest absolute Gasteiger partial charge is 0.355 e. The van der Waals surface area contributed by atoms with Crippen molar-refractivity contribution in [2.45, 2.75) is 51.5 Å².